The van der Waals surface area contributed by atoms with Gasteiger partial charge in [0.15, 0.2) is 0 Å². The summed E-state index contributed by atoms with van der Waals surface area (Å²) in [6, 6.07) is 1.70. The second kappa shape index (κ2) is 6.56. The second-order valence-electron chi connectivity index (χ2n) is 5.61. The van der Waals surface area contributed by atoms with Crippen molar-refractivity contribution in [3.8, 4) is 6.07 Å². The largest absolute Gasteiger partial charge is 0.465 e. The Hall–Kier alpha value is -2.11. The molecule has 0 radical (unpaired) electrons. The molecule has 0 unspecified atom stereocenters. The van der Waals surface area contributed by atoms with Crippen molar-refractivity contribution in [3.05, 3.63) is 16.5 Å². The maximum absolute atomic E-state index is 11.3. The molecule has 1 saturated heterocycles. The molecule has 1 atom stereocenters. The summed E-state index contributed by atoms with van der Waals surface area (Å²) in [5, 5.41) is 21.7. The highest BCUT2D eigenvalue weighted by atomic mass is 35.5. The molecular weight excluding hydrogens is 320 g/mol. The van der Waals surface area contributed by atoms with Gasteiger partial charge in [-0.3, -0.25) is 0 Å². The van der Waals surface area contributed by atoms with Crippen LogP contribution in [0.5, 0.6) is 0 Å². The molecule has 9 heteroatoms. The molecule has 2 aliphatic rings. The van der Waals surface area contributed by atoms with E-state index >= 15 is 0 Å². The molecule has 0 aromatic carbocycles. The fourth-order valence-corrected chi connectivity index (χ4v) is 3.33. The van der Waals surface area contributed by atoms with Gasteiger partial charge < -0.3 is 20.2 Å². The third kappa shape index (κ3) is 3.16. The summed E-state index contributed by atoms with van der Waals surface area (Å²) in [5.41, 5.74) is 1.95. The molecule has 0 spiro atoms. The van der Waals surface area contributed by atoms with E-state index in [4.69, 9.17) is 16.9 Å². The minimum atomic E-state index is -0.989. The van der Waals surface area contributed by atoms with E-state index < -0.39 is 6.09 Å². The van der Waals surface area contributed by atoms with Crippen molar-refractivity contribution in [1.29, 1.82) is 5.26 Å². The van der Waals surface area contributed by atoms with Crippen LogP contribution in [-0.4, -0.2) is 58.3 Å². The highest BCUT2D eigenvalue weighted by Gasteiger charge is 2.32. The lowest BCUT2D eigenvalue weighted by Gasteiger charge is -2.40. The van der Waals surface area contributed by atoms with E-state index in [1.807, 2.05) is 4.90 Å². The Morgan fingerprint density at radius 2 is 2.30 bits per heavy atom. The molecule has 2 N–H and O–H groups in total. The third-order valence-corrected chi connectivity index (χ3v) is 4.41. The number of fused-ring (bicyclic) bond motifs is 1. The molecule has 3 heterocycles. The van der Waals surface area contributed by atoms with Crippen molar-refractivity contribution in [2.45, 2.75) is 25.4 Å². The summed E-state index contributed by atoms with van der Waals surface area (Å²) in [6.45, 7) is 2.81. The number of aromatic nitrogens is 2. The van der Waals surface area contributed by atoms with Gasteiger partial charge >= 0.3 is 6.09 Å². The summed E-state index contributed by atoms with van der Waals surface area (Å²) in [6.07, 6.45) is -0.0215. The Kier molecular flexibility index (Phi) is 4.50. The van der Waals surface area contributed by atoms with Crippen molar-refractivity contribution < 1.29 is 9.90 Å². The molecule has 1 aromatic heterocycles. The maximum Gasteiger partial charge on any atom is 0.407 e. The number of carbonyl (C=O) groups is 1. The van der Waals surface area contributed by atoms with Crippen molar-refractivity contribution in [3.63, 3.8) is 0 Å². The Bertz CT molecular complexity index is 661. The van der Waals surface area contributed by atoms with Gasteiger partial charge in [-0.15, -0.1) is 0 Å². The maximum atomic E-state index is 11.3. The molecule has 23 heavy (non-hydrogen) atoms. The first-order valence-electron chi connectivity index (χ1n) is 7.47. The lowest BCUT2D eigenvalue weighted by Crippen LogP contribution is -2.55. The van der Waals surface area contributed by atoms with Crippen LogP contribution in [0.15, 0.2) is 0 Å². The van der Waals surface area contributed by atoms with Crippen molar-refractivity contribution >= 4 is 23.5 Å². The fraction of sp³-hybridized carbons (Fsp3) is 0.571. The minimum Gasteiger partial charge on any atom is -0.465 e. The molecule has 0 aliphatic carbocycles. The van der Waals surface area contributed by atoms with Crippen LogP contribution in [0.25, 0.3) is 0 Å². The van der Waals surface area contributed by atoms with E-state index in [0.717, 1.165) is 30.0 Å². The summed E-state index contributed by atoms with van der Waals surface area (Å²) in [4.78, 5) is 23.3. The Balaban J connectivity index is 1.89. The normalized spacial score (nSPS) is 20.8. The number of carboxylic acid groups (broad SMARTS) is 1. The lowest BCUT2D eigenvalue weighted by atomic mass is 10.0. The number of hydrogen-bond acceptors (Lipinski definition) is 6. The first kappa shape index (κ1) is 15.8. The Morgan fingerprint density at radius 1 is 1.48 bits per heavy atom. The fourth-order valence-electron chi connectivity index (χ4n) is 3.15. The van der Waals surface area contributed by atoms with Crippen LogP contribution in [0.2, 0.25) is 5.28 Å². The van der Waals surface area contributed by atoms with Gasteiger partial charge in [-0.05, 0) is 24.6 Å². The van der Waals surface area contributed by atoms with Crippen LogP contribution in [-0.2, 0) is 13.0 Å². The molecule has 2 aliphatic heterocycles. The zero-order valence-electron chi connectivity index (χ0n) is 12.5. The van der Waals surface area contributed by atoms with Gasteiger partial charge in [-0.25, -0.2) is 14.8 Å². The van der Waals surface area contributed by atoms with E-state index in [9.17, 15) is 9.90 Å². The first-order chi connectivity index (χ1) is 11.1. The number of anilines is 1. The van der Waals surface area contributed by atoms with E-state index in [0.29, 0.717) is 26.2 Å². The number of nitriles is 1. The third-order valence-electron chi connectivity index (χ3n) is 4.24. The second-order valence-corrected chi connectivity index (χ2v) is 5.94. The van der Waals surface area contributed by atoms with Crippen LogP contribution in [0, 0.1) is 11.3 Å². The molecular formula is C14H17ClN6O2. The average molecular weight is 337 g/mol. The summed E-state index contributed by atoms with van der Waals surface area (Å²) in [7, 11) is 0. The van der Waals surface area contributed by atoms with Crippen LogP contribution in [0.4, 0.5) is 10.6 Å². The van der Waals surface area contributed by atoms with Crippen molar-refractivity contribution in [2.75, 3.05) is 31.1 Å². The van der Waals surface area contributed by atoms with E-state index in [-0.39, 0.29) is 17.7 Å². The predicted octanol–water partition coefficient (Wildman–Crippen LogP) is 0.858. The van der Waals surface area contributed by atoms with E-state index in [1.54, 1.807) is 0 Å². The number of piperazine rings is 1. The van der Waals surface area contributed by atoms with Gasteiger partial charge in [-0.2, -0.15) is 5.26 Å². The monoisotopic (exact) mass is 336 g/mol. The van der Waals surface area contributed by atoms with Crippen molar-refractivity contribution in [1.82, 2.24) is 20.2 Å². The highest BCUT2D eigenvalue weighted by Crippen LogP contribution is 2.27. The Labute approximate surface area is 138 Å². The van der Waals surface area contributed by atoms with Crippen LogP contribution in [0.1, 0.15) is 17.7 Å². The quantitative estimate of drug-likeness (QED) is 0.771. The molecule has 0 saturated carbocycles. The van der Waals surface area contributed by atoms with Crippen LogP contribution >= 0.6 is 11.6 Å². The molecule has 1 aromatic rings. The van der Waals surface area contributed by atoms with Gasteiger partial charge in [0, 0.05) is 31.7 Å². The molecule has 1 fully saturated rings. The number of hydrogen-bond donors (Lipinski definition) is 2. The summed E-state index contributed by atoms with van der Waals surface area (Å²) in [5.74, 6) is 0.773. The molecule has 122 valence electrons. The number of halogens is 1. The Morgan fingerprint density at radius 3 is 3.04 bits per heavy atom. The molecule has 3 rings (SSSR count). The van der Waals surface area contributed by atoms with E-state index in [2.05, 4.69) is 21.4 Å². The minimum absolute atomic E-state index is 0.158. The average Bonchev–Trinajstić information content (AvgIpc) is 2.54. The predicted molar refractivity (Wildman–Crippen MR) is 83.4 cm³/mol. The first-order valence-corrected chi connectivity index (χ1v) is 7.85. The van der Waals surface area contributed by atoms with Crippen LogP contribution in [0.3, 0.4) is 0 Å². The van der Waals surface area contributed by atoms with Gasteiger partial charge in [0.25, 0.3) is 0 Å². The number of nitrogens with one attached hydrogen (secondary N) is 1. The molecule has 0 bridgehead atoms. The number of nitrogens with zero attached hydrogens (tertiary/aromatic N) is 5. The van der Waals surface area contributed by atoms with Crippen molar-refractivity contribution in [2.24, 2.45) is 0 Å². The van der Waals surface area contributed by atoms with Crippen LogP contribution < -0.4 is 10.2 Å². The standard InChI is InChI=1S/C14H17ClN6O2/c15-13-18-11-7-17-4-2-10(11)12(19-13)20-5-6-21(14(22)23)9(8-20)1-3-16/h9,17H,1-2,4-8H2,(H,22,23)/t9-/m0/s1. The lowest BCUT2D eigenvalue weighted by molar-refractivity contribution is 0.119. The van der Waals surface area contributed by atoms with E-state index in [1.165, 1.54) is 4.90 Å². The summed E-state index contributed by atoms with van der Waals surface area (Å²) >= 11 is 6.04. The van der Waals surface area contributed by atoms with Gasteiger partial charge in [0.2, 0.25) is 5.28 Å². The molecule has 1 amide bonds. The van der Waals surface area contributed by atoms with Gasteiger partial charge in [0.05, 0.1) is 24.2 Å². The number of amides is 1. The highest BCUT2D eigenvalue weighted by molar-refractivity contribution is 6.28. The zero-order chi connectivity index (χ0) is 16.4. The zero-order valence-corrected chi connectivity index (χ0v) is 13.3. The topological polar surface area (TPSA) is 105 Å². The smallest absolute Gasteiger partial charge is 0.407 e. The summed E-state index contributed by atoms with van der Waals surface area (Å²) < 4.78 is 0. The molecule has 8 nitrogen and oxygen atoms in total. The SMILES string of the molecule is N#CC[C@H]1CN(c2nc(Cl)nc3c2CCNC3)CCN1C(=O)O. The number of rotatable bonds is 2. The van der Waals surface area contributed by atoms with Gasteiger partial charge in [0.1, 0.15) is 5.82 Å². The van der Waals surface area contributed by atoms with Gasteiger partial charge in [-0.1, -0.05) is 0 Å².